The lowest BCUT2D eigenvalue weighted by molar-refractivity contribution is -0.136. The smallest absolute Gasteiger partial charge is 0.335 e. The highest BCUT2D eigenvalue weighted by molar-refractivity contribution is 5.90. The standard InChI is InChI=1S/C20H22F3N3O/c21-20(22,23)17-8-4-5-9-18(17)25-19(27)24-16-10-12-26(13-11-16)14-15-6-2-1-3-7-15/h1-9,16H,10-14H2,(H2,24,25,27). The summed E-state index contributed by atoms with van der Waals surface area (Å²) in [5.41, 5.74) is 0.159. The number of para-hydroxylation sites is 1. The predicted molar refractivity (Wildman–Crippen MR) is 98.3 cm³/mol. The van der Waals surface area contributed by atoms with E-state index in [1.807, 2.05) is 18.2 Å². The molecular formula is C20H22F3N3O. The quantitative estimate of drug-likeness (QED) is 0.825. The van der Waals surface area contributed by atoms with Crippen LogP contribution in [0.3, 0.4) is 0 Å². The molecule has 1 heterocycles. The summed E-state index contributed by atoms with van der Waals surface area (Å²) in [6.45, 7) is 2.52. The maximum absolute atomic E-state index is 13.0. The first-order chi connectivity index (χ1) is 12.9. The number of carbonyl (C=O) groups excluding carboxylic acids is 1. The normalized spacial score (nSPS) is 16.1. The van der Waals surface area contributed by atoms with E-state index in [-0.39, 0.29) is 11.7 Å². The lowest BCUT2D eigenvalue weighted by atomic mass is 10.0. The predicted octanol–water partition coefficient (Wildman–Crippen LogP) is 4.49. The summed E-state index contributed by atoms with van der Waals surface area (Å²) in [5, 5.41) is 5.12. The molecule has 2 aromatic carbocycles. The maximum Gasteiger partial charge on any atom is 0.418 e. The fourth-order valence-electron chi connectivity index (χ4n) is 3.26. The highest BCUT2D eigenvalue weighted by Crippen LogP contribution is 2.34. The van der Waals surface area contributed by atoms with Gasteiger partial charge in [0.05, 0.1) is 11.3 Å². The molecule has 0 radical (unpaired) electrons. The van der Waals surface area contributed by atoms with Crippen molar-refractivity contribution < 1.29 is 18.0 Å². The van der Waals surface area contributed by atoms with Crippen LogP contribution in [0.2, 0.25) is 0 Å². The van der Waals surface area contributed by atoms with Crippen molar-refractivity contribution in [1.29, 1.82) is 0 Å². The molecule has 0 aromatic heterocycles. The summed E-state index contributed by atoms with van der Waals surface area (Å²) in [5.74, 6) is 0. The van der Waals surface area contributed by atoms with Crippen molar-refractivity contribution in [3.63, 3.8) is 0 Å². The van der Waals surface area contributed by atoms with Gasteiger partial charge in [-0.2, -0.15) is 13.2 Å². The lowest BCUT2D eigenvalue weighted by Gasteiger charge is -2.32. The zero-order chi connectivity index (χ0) is 19.3. The zero-order valence-electron chi connectivity index (χ0n) is 14.8. The number of piperidine rings is 1. The van der Waals surface area contributed by atoms with E-state index >= 15 is 0 Å². The Balaban J connectivity index is 1.49. The molecule has 0 aliphatic carbocycles. The minimum Gasteiger partial charge on any atom is -0.335 e. The second-order valence-corrected chi connectivity index (χ2v) is 6.68. The van der Waals surface area contributed by atoms with Gasteiger partial charge in [0, 0.05) is 25.7 Å². The van der Waals surface area contributed by atoms with Crippen molar-refractivity contribution in [1.82, 2.24) is 10.2 Å². The highest BCUT2D eigenvalue weighted by atomic mass is 19.4. The number of likely N-dealkylation sites (tertiary alicyclic amines) is 1. The van der Waals surface area contributed by atoms with Crippen molar-refractivity contribution in [2.75, 3.05) is 18.4 Å². The zero-order valence-corrected chi connectivity index (χ0v) is 14.8. The molecule has 7 heteroatoms. The number of hydrogen-bond acceptors (Lipinski definition) is 2. The molecule has 1 aliphatic heterocycles. The molecule has 3 rings (SSSR count). The molecule has 1 aliphatic rings. The van der Waals surface area contributed by atoms with Gasteiger partial charge in [0.25, 0.3) is 0 Å². The fraction of sp³-hybridized carbons (Fsp3) is 0.350. The maximum atomic E-state index is 13.0. The molecule has 144 valence electrons. The summed E-state index contributed by atoms with van der Waals surface area (Å²) in [7, 11) is 0. The van der Waals surface area contributed by atoms with Gasteiger partial charge < -0.3 is 10.6 Å². The van der Waals surface area contributed by atoms with Crippen LogP contribution < -0.4 is 10.6 Å². The number of hydrogen-bond donors (Lipinski definition) is 2. The Bertz CT molecular complexity index is 757. The average molecular weight is 377 g/mol. The molecule has 1 fully saturated rings. The lowest BCUT2D eigenvalue weighted by Crippen LogP contribution is -2.45. The summed E-state index contributed by atoms with van der Waals surface area (Å²) in [6.07, 6.45) is -2.98. The summed E-state index contributed by atoms with van der Waals surface area (Å²) >= 11 is 0. The number of benzene rings is 2. The molecule has 0 unspecified atom stereocenters. The van der Waals surface area contributed by atoms with E-state index in [0.717, 1.165) is 38.5 Å². The van der Waals surface area contributed by atoms with Crippen LogP contribution in [0.15, 0.2) is 54.6 Å². The molecular weight excluding hydrogens is 355 g/mol. The Morgan fingerprint density at radius 3 is 2.30 bits per heavy atom. The number of amides is 2. The second kappa shape index (κ2) is 8.43. The van der Waals surface area contributed by atoms with Crippen molar-refractivity contribution >= 4 is 11.7 Å². The van der Waals surface area contributed by atoms with Crippen LogP contribution in [0.5, 0.6) is 0 Å². The van der Waals surface area contributed by atoms with E-state index in [1.165, 1.54) is 23.8 Å². The van der Waals surface area contributed by atoms with Crippen LogP contribution in [0.25, 0.3) is 0 Å². The van der Waals surface area contributed by atoms with Gasteiger partial charge >= 0.3 is 12.2 Å². The third kappa shape index (κ3) is 5.47. The number of rotatable bonds is 4. The van der Waals surface area contributed by atoms with Gasteiger partial charge in [0.2, 0.25) is 0 Å². The van der Waals surface area contributed by atoms with E-state index in [0.29, 0.717) is 0 Å². The molecule has 2 amide bonds. The van der Waals surface area contributed by atoms with Gasteiger partial charge in [-0.3, -0.25) is 4.90 Å². The number of anilines is 1. The first-order valence-electron chi connectivity index (χ1n) is 8.92. The summed E-state index contributed by atoms with van der Waals surface area (Å²) < 4.78 is 39.0. The van der Waals surface area contributed by atoms with Crippen LogP contribution in [0.1, 0.15) is 24.0 Å². The van der Waals surface area contributed by atoms with Crippen molar-refractivity contribution in [2.24, 2.45) is 0 Å². The van der Waals surface area contributed by atoms with E-state index in [2.05, 4.69) is 27.7 Å². The molecule has 0 atom stereocenters. The number of alkyl halides is 3. The number of urea groups is 1. The van der Waals surface area contributed by atoms with Gasteiger partial charge in [-0.25, -0.2) is 4.79 Å². The topological polar surface area (TPSA) is 44.4 Å². The van der Waals surface area contributed by atoms with Crippen LogP contribution >= 0.6 is 0 Å². The minimum atomic E-state index is -4.51. The Kier molecular flexibility index (Phi) is 6.01. The van der Waals surface area contributed by atoms with E-state index in [1.54, 1.807) is 0 Å². The third-order valence-electron chi connectivity index (χ3n) is 4.65. The first-order valence-corrected chi connectivity index (χ1v) is 8.92. The number of halogens is 3. The van der Waals surface area contributed by atoms with Gasteiger partial charge in [-0.05, 0) is 30.5 Å². The van der Waals surface area contributed by atoms with Crippen LogP contribution in [0, 0.1) is 0 Å². The SMILES string of the molecule is O=C(Nc1ccccc1C(F)(F)F)NC1CCN(Cc2ccccc2)CC1. The van der Waals surface area contributed by atoms with E-state index < -0.39 is 17.8 Å². The number of nitrogens with one attached hydrogen (secondary N) is 2. The fourth-order valence-corrected chi connectivity index (χ4v) is 3.26. The third-order valence-corrected chi connectivity index (χ3v) is 4.65. The van der Waals surface area contributed by atoms with Crippen LogP contribution in [-0.4, -0.2) is 30.1 Å². The minimum absolute atomic E-state index is 0.0462. The van der Waals surface area contributed by atoms with Crippen molar-refractivity contribution in [3.05, 3.63) is 65.7 Å². The number of nitrogens with zero attached hydrogens (tertiary/aromatic N) is 1. The largest absolute Gasteiger partial charge is 0.418 e. The van der Waals surface area contributed by atoms with Crippen molar-refractivity contribution in [3.8, 4) is 0 Å². The van der Waals surface area contributed by atoms with Crippen LogP contribution in [0.4, 0.5) is 23.7 Å². The van der Waals surface area contributed by atoms with E-state index in [9.17, 15) is 18.0 Å². The molecule has 0 saturated carbocycles. The summed E-state index contributed by atoms with van der Waals surface area (Å²) in [4.78, 5) is 14.4. The first kappa shape index (κ1) is 19.2. The van der Waals surface area contributed by atoms with Gasteiger partial charge in [0.15, 0.2) is 0 Å². The molecule has 4 nitrogen and oxygen atoms in total. The monoisotopic (exact) mass is 377 g/mol. The Hall–Kier alpha value is -2.54. The Morgan fingerprint density at radius 2 is 1.63 bits per heavy atom. The molecule has 2 N–H and O–H groups in total. The average Bonchev–Trinajstić information content (AvgIpc) is 2.64. The number of carbonyl (C=O) groups is 1. The summed E-state index contributed by atoms with van der Waals surface area (Å²) in [6, 6.07) is 14.5. The Labute approximate surface area is 156 Å². The van der Waals surface area contributed by atoms with E-state index in [4.69, 9.17) is 0 Å². The molecule has 0 bridgehead atoms. The second-order valence-electron chi connectivity index (χ2n) is 6.68. The van der Waals surface area contributed by atoms with Gasteiger partial charge in [0.1, 0.15) is 0 Å². The molecule has 2 aromatic rings. The molecule has 0 spiro atoms. The molecule has 1 saturated heterocycles. The Morgan fingerprint density at radius 1 is 1.00 bits per heavy atom. The van der Waals surface area contributed by atoms with Gasteiger partial charge in [-0.1, -0.05) is 42.5 Å². The highest BCUT2D eigenvalue weighted by Gasteiger charge is 2.33. The molecule has 27 heavy (non-hydrogen) atoms. The van der Waals surface area contributed by atoms with Gasteiger partial charge in [-0.15, -0.1) is 0 Å². The van der Waals surface area contributed by atoms with Crippen LogP contribution in [-0.2, 0) is 12.7 Å². The van der Waals surface area contributed by atoms with Crippen molar-refractivity contribution in [2.45, 2.75) is 31.6 Å².